The van der Waals surface area contributed by atoms with Gasteiger partial charge in [-0.15, -0.1) is 0 Å². The van der Waals surface area contributed by atoms with E-state index in [4.69, 9.17) is 10.5 Å². The van der Waals surface area contributed by atoms with Crippen LogP contribution in [0, 0.1) is 5.82 Å². The third kappa shape index (κ3) is 3.72. The molecule has 0 saturated carbocycles. The molecule has 0 spiro atoms. The Hall–Kier alpha value is -2.63. The first-order valence-corrected chi connectivity index (χ1v) is 6.96. The van der Waals surface area contributed by atoms with Crippen LogP contribution in [0.3, 0.4) is 0 Å². The fourth-order valence-corrected chi connectivity index (χ4v) is 1.96. The first kappa shape index (κ1) is 15.8. The molecule has 0 radical (unpaired) electrons. The van der Waals surface area contributed by atoms with Gasteiger partial charge in [-0.3, -0.25) is 4.79 Å². The fraction of sp³-hybridized carbons (Fsp3) is 0.250. The maximum atomic E-state index is 13.8. The van der Waals surface area contributed by atoms with Crippen molar-refractivity contribution < 1.29 is 13.9 Å². The summed E-state index contributed by atoms with van der Waals surface area (Å²) in [6, 6.07) is 7.42. The van der Waals surface area contributed by atoms with E-state index in [1.807, 2.05) is 0 Å². The van der Waals surface area contributed by atoms with E-state index >= 15 is 0 Å². The fourth-order valence-electron chi connectivity index (χ4n) is 1.96. The molecule has 1 atom stereocenters. The number of amides is 1. The molecule has 1 heterocycles. The maximum Gasteiger partial charge on any atom is 0.253 e. The number of nitrogen functional groups attached to an aromatic ring is 1. The number of carbonyl (C=O) groups is 1. The number of nitrogens with two attached hydrogens (primary N) is 1. The van der Waals surface area contributed by atoms with E-state index < -0.39 is 5.82 Å². The molecular formula is C16H18FN3O2. The van der Waals surface area contributed by atoms with Gasteiger partial charge in [0, 0.05) is 6.20 Å². The van der Waals surface area contributed by atoms with Crippen molar-refractivity contribution in [2.75, 3.05) is 12.3 Å². The second-order valence-corrected chi connectivity index (χ2v) is 4.79. The van der Waals surface area contributed by atoms with Gasteiger partial charge < -0.3 is 15.8 Å². The lowest BCUT2D eigenvalue weighted by atomic mass is 10.1. The molecule has 0 bridgehead atoms. The summed E-state index contributed by atoms with van der Waals surface area (Å²) >= 11 is 0. The molecule has 1 aromatic heterocycles. The Kier molecular flexibility index (Phi) is 4.93. The molecule has 3 N–H and O–H groups in total. The van der Waals surface area contributed by atoms with E-state index in [-0.39, 0.29) is 17.7 Å². The summed E-state index contributed by atoms with van der Waals surface area (Å²) in [5, 5.41) is 2.78. The second kappa shape index (κ2) is 6.89. The van der Waals surface area contributed by atoms with Gasteiger partial charge in [-0.1, -0.05) is 6.07 Å². The van der Waals surface area contributed by atoms with Crippen LogP contribution in [0.5, 0.6) is 5.75 Å². The number of anilines is 1. The molecule has 0 unspecified atom stereocenters. The van der Waals surface area contributed by atoms with Crippen LogP contribution in [-0.2, 0) is 0 Å². The Labute approximate surface area is 128 Å². The lowest BCUT2D eigenvalue weighted by Crippen LogP contribution is -2.26. The van der Waals surface area contributed by atoms with Gasteiger partial charge in [0.15, 0.2) is 11.6 Å². The summed E-state index contributed by atoms with van der Waals surface area (Å²) in [4.78, 5) is 16.0. The molecule has 1 amide bonds. The largest absolute Gasteiger partial charge is 0.491 e. The Morgan fingerprint density at radius 3 is 2.77 bits per heavy atom. The zero-order valence-corrected chi connectivity index (χ0v) is 12.5. The number of nitrogens with one attached hydrogen (secondary N) is 1. The number of pyridine rings is 1. The molecule has 6 heteroatoms. The van der Waals surface area contributed by atoms with E-state index in [0.29, 0.717) is 23.6 Å². The Morgan fingerprint density at radius 1 is 1.41 bits per heavy atom. The third-order valence-electron chi connectivity index (χ3n) is 3.15. The van der Waals surface area contributed by atoms with E-state index in [0.717, 1.165) is 0 Å². The van der Waals surface area contributed by atoms with E-state index in [2.05, 4.69) is 10.3 Å². The molecule has 116 valence electrons. The normalized spacial score (nSPS) is 11.8. The molecule has 0 aliphatic carbocycles. The van der Waals surface area contributed by atoms with Gasteiger partial charge in [0.25, 0.3) is 5.91 Å². The van der Waals surface area contributed by atoms with Gasteiger partial charge in [0.2, 0.25) is 0 Å². The van der Waals surface area contributed by atoms with Crippen LogP contribution >= 0.6 is 0 Å². The number of aromatic nitrogens is 1. The van der Waals surface area contributed by atoms with Crippen LogP contribution in [-0.4, -0.2) is 17.5 Å². The summed E-state index contributed by atoms with van der Waals surface area (Å²) < 4.78 is 19.0. The van der Waals surface area contributed by atoms with Crippen molar-refractivity contribution in [2.45, 2.75) is 19.9 Å². The molecule has 0 aliphatic rings. The first-order valence-electron chi connectivity index (χ1n) is 6.96. The number of benzene rings is 1. The number of carbonyl (C=O) groups excluding carboxylic acids is 1. The van der Waals surface area contributed by atoms with Crippen molar-refractivity contribution in [2.24, 2.45) is 0 Å². The number of nitrogens with zero attached hydrogens (tertiary/aromatic N) is 1. The standard InChI is InChI=1S/C16H18FN3O2/c1-3-22-14-6-4-11(8-13(14)17)10(2)20-16(21)12-5-7-15(18)19-9-12/h4-10H,3H2,1-2H3,(H2,18,19)(H,20,21)/t10-/m0/s1. The smallest absolute Gasteiger partial charge is 0.253 e. The molecule has 0 fully saturated rings. The van der Waals surface area contributed by atoms with Crippen LogP contribution in [0.2, 0.25) is 0 Å². The summed E-state index contributed by atoms with van der Waals surface area (Å²) in [6.45, 7) is 3.96. The Bertz CT molecular complexity index is 659. The number of rotatable bonds is 5. The summed E-state index contributed by atoms with van der Waals surface area (Å²) in [7, 11) is 0. The quantitative estimate of drug-likeness (QED) is 0.890. The minimum absolute atomic E-state index is 0.201. The average Bonchev–Trinajstić information content (AvgIpc) is 2.50. The van der Waals surface area contributed by atoms with E-state index in [9.17, 15) is 9.18 Å². The van der Waals surface area contributed by atoms with Crippen LogP contribution in [0.15, 0.2) is 36.5 Å². The molecule has 2 rings (SSSR count). The number of halogens is 1. The zero-order valence-electron chi connectivity index (χ0n) is 12.5. The number of ether oxygens (including phenoxy) is 1. The highest BCUT2D eigenvalue weighted by Crippen LogP contribution is 2.22. The summed E-state index contributed by atoms with van der Waals surface area (Å²) in [6.07, 6.45) is 1.40. The van der Waals surface area contributed by atoms with Gasteiger partial charge in [-0.2, -0.15) is 0 Å². The highest BCUT2D eigenvalue weighted by Gasteiger charge is 2.14. The molecule has 0 aliphatic heterocycles. The molecule has 22 heavy (non-hydrogen) atoms. The monoisotopic (exact) mass is 303 g/mol. The molecule has 0 saturated heterocycles. The highest BCUT2D eigenvalue weighted by molar-refractivity contribution is 5.94. The topological polar surface area (TPSA) is 77.2 Å². The summed E-state index contributed by atoms with van der Waals surface area (Å²) in [5.74, 6) is -0.199. The maximum absolute atomic E-state index is 13.8. The SMILES string of the molecule is CCOc1ccc([C@H](C)NC(=O)c2ccc(N)nc2)cc1F. The predicted molar refractivity (Wildman–Crippen MR) is 82.1 cm³/mol. The van der Waals surface area contributed by atoms with Gasteiger partial charge in [-0.25, -0.2) is 9.37 Å². The molecular weight excluding hydrogens is 285 g/mol. The molecule has 5 nitrogen and oxygen atoms in total. The Morgan fingerprint density at radius 2 is 2.18 bits per heavy atom. The van der Waals surface area contributed by atoms with Gasteiger partial charge in [0.1, 0.15) is 5.82 Å². The zero-order chi connectivity index (χ0) is 16.1. The number of hydrogen-bond donors (Lipinski definition) is 2. The number of hydrogen-bond acceptors (Lipinski definition) is 4. The minimum Gasteiger partial charge on any atom is -0.491 e. The van der Waals surface area contributed by atoms with Gasteiger partial charge in [-0.05, 0) is 43.7 Å². The van der Waals surface area contributed by atoms with Crippen LogP contribution in [0.25, 0.3) is 0 Å². The average molecular weight is 303 g/mol. The van der Waals surface area contributed by atoms with Crippen molar-refractivity contribution >= 4 is 11.7 Å². The van der Waals surface area contributed by atoms with Crippen LogP contribution in [0.4, 0.5) is 10.2 Å². The van der Waals surface area contributed by atoms with Crippen molar-refractivity contribution in [3.63, 3.8) is 0 Å². The lowest BCUT2D eigenvalue weighted by molar-refractivity contribution is 0.0939. The molecule has 1 aromatic carbocycles. The van der Waals surface area contributed by atoms with Crippen LogP contribution in [0.1, 0.15) is 35.8 Å². The van der Waals surface area contributed by atoms with Crippen molar-refractivity contribution in [3.8, 4) is 5.75 Å². The van der Waals surface area contributed by atoms with Crippen molar-refractivity contribution in [1.82, 2.24) is 10.3 Å². The minimum atomic E-state index is -0.449. The Balaban J connectivity index is 2.08. The summed E-state index contributed by atoms with van der Waals surface area (Å²) in [5.41, 5.74) is 6.52. The van der Waals surface area contributed by atoms with Gasteiger partial charge >= 0.3 is 0 Å². The third-order valence-corrected chi connectivity index (χ3v) is 3.15. The lowest BCUT2D eigenvalue weighted by Gasteiger charge is -2.15. The van der Waals surface area contributed by atoms with Gasteiger partial charge in [0.05, 0.1) is 18.2 Å². The van der Waals surface area contributed by atoms with Crippen molar-refractivity contribution in [3.05, 3.63) is 53.5 Å². The second-order valence-electron chi connectivity index (χ2n) is 4.79. The van der Waals surface area contributed by atoms with E-state index in [1.165, 1.54) is 12.3 Å². The molecule has 2 aromatic rings. The highest BCUT2D eigenvalue weighted by atomic mass is 19.1. The first-order chi connectivity index (χ1) is 10.5. The van der Waals surface area contributed by atoms with Crippen molar-refractivity contribution in [1.29, 1.82) is 0 Å². The predicted octanol–water partition coefficient (Wildman–Crippen LogP) is 2.69. The van der Waals surface area contributed by atoms with E-state index in [1.54, 1.807) is 38.1 Å². The van der Waals surface area contributed by atoms with Crippen LogP contribution < -0.4 is 15.8 Å².